The Labute approximate surface area is 121 Å². The molecular formula is C13H15ClN4O2. The van der Waals surface area contributed by atoms with E-state index in [9.17, 15) is 0 Å². The van der Waals surface area contributed by atoms with E-state index in [1.54, 1.807) is 12.1 Å². The van der Waals surface area contributed by atoms with E-state index in [1.807, 2.05) is 19.9 Å². The van der Waals surface area contributed by atoms with Gasteiger partial charge in [0.05, 0.1) is 11.6 Å². The van der Waals surface area contributed by atoms with Crippen molar-refractivity contribution < 1.29 is 9.47 Å². The van der Waals surface area contributed by atoms with Gasteiger partial charge in [0.2, 0.25) is 5.95 Å². The van der Waals surface area contributed by atoms with E-state index in [-0.39, 0.29) is 18.0 Å². The summed E-state index contributed by atoms with van der Waals surface area (Å²) < 4.78 is 10.9. The van der Waals surface area contributed by atoms with Gasteiger partial charge in [-0.05, 0) is 31.0 Å². The second kappa shape index (κ2) is 6.38. The van der Waals surface area contributed by atoms with E-state index in [1.165, 1.54) is 0 Å². The lowest BCUT2D eigenvalue weighted by Crippen LogP contribution is -2.05. The van der Waals surface area contributed by atoms with Gasteiger partial charge in [-0.25, -0.2) is 0 Å². The van der Waals surface area contributed by atoms with Gasteiger partial charge in [0.1, 0.15) is 5.75 Å². The Balaban J connectivity index is 2.24. The molecular weight excluding hydrogens is 280 g/mol. The predicted octanol–water partition coefficient (Wildman–Crippen LogP) is 3.00. The highest BCUT2D eigenvalue weighted by atomic mass is 35.5. The van der Waals surface area contributed by atoms with Crippen LogP contribution < -0.4 is 15.2 Å². The van der Waals surface area contributed by atoms with Crippen LogP contribution in [0.3, 0.4) is 0 Å². The average molecular weight is 295 g/mol. The molecule has 0 saturated heterocycles. The number of nitrogens with two attached hydrogens (primary N) is 1. The van der Waals surface area contributed by atoms with Gasteiger partial charge in [-0.3, -0.25) is 0 Å². The van der Waals surface area contributed by atoms with Gasteiger partial charge in [-0.15, -0.1) is 4.98 Å². The van der Waals surface area contributed by atoms with Crippen molar-refractivity contribution >= 4 is 17.5 Å². The molecule has 0 aliphatic heterocycles. The summed E-state index contributed by atoms with van der Waals surface area (Å²) in [7, 11) is 0. The summed E-state index contributed by atoms with van der Waals surface area (Å²) in [6.07, 6.45) is 0.839. The normalized spacial score (nSPS) is 10.3. The zero-order valence-corrected chi connectivity index (χ0v) is 12.0. The number of halogens is 1. The molecule has 7 heteroatoms. The second-order valence-corrected chi connectivity index (χ2v) is 4.55. The number of aryl methyl sites for hydroxylation is 1. The van der Waals surface area contributed by atoms with Crippen molar-refractivity contribution in [1.29, 1.82) is 0 Å². The van der Waals surface area contributed by atoms with Gasteiger partial charge < -0.3 is 15.2 Å². The SMILES string of the molecule is CCCOc1nc(N)nc(Oc2cc(C)ccc2Cl)n1. The first-order chi connectivity index (χ1) is 9.58. The molecule has 0 spiro atoms. The van der Waals surface area contributed by atoms with Crippen LogP contribution in [0.5, 0.6) is 17.8 Å². The third-order valence-corrected chi connectivity index (χ3v) is 2.65. The van der Waals surface area contributed by atoms with Gasteiger partial charge in [0, 0.05) is 0 Å². The van der Waals surface area contributed by atoms with Crippen LogP contribution in [0.1, 0.15) is 18.9 Å². The molecule has 1 aromatic heterocycles. The Morgan fingerprint density at radius 1 is 1.20 bits per heavy atom. The summed E-state index contributed by atoms with van der Waals surface area (Å²) in [5.74, 6) is 0.489. The van der Waals surface area contributed by atoms with Crippen molar-refractivity contribution in [2.45, 2.75) is 20.3 Å². The molecule has 0 unspecified atom stereocenters. The molecule has 2 N–H and O–H groups in total. The lowest BCUT2D eigenvalue weighted by Gasteiger charge is -2.08. The van der Waals surface area contributed by atoms with Crippen molar-refractivity contribution in [1.82, 2.24) is 15.0 Å². The number of rotatable bonds is 5. The topological polar surface area (TPSA) is 83.2 Å². The van der Waals surface area contributed by atoms with Gasteiger partial charge in [0.25, 0.3) is 0 Å². The predicted molar refractivity (Wildman–Crippen MR) is 76.3 cm³/mol. The quantitative estimate of drug-likeness (QED) is 0.912. The minimum absolute atomic E-state index is 0.0323. The van der Waals surface area contributed by atoms with Crippen molar-refractivity contribution in [3.63, 3.8) is 0 Å². The summed E-state index contributed by atoms with van der Waals surface area (Å²) in [6, 6.07) is 5.60. The van der Waals surface area contributed by atoms with Crippen LogP contribution in [0.15, 0.2) is 18.2 Å². The number of hydrogen-bond donors (Lipinski definition) is 1. The lowest BCUT2D eigenvalue weighted by atomic mass is 10.2. The van der Waals surface area contributed by atoms with E-state index in [4.69, 9.17) is 26.8 Å². The summed E-state index contributed by atoms with van der Waals surface area (Å²) in [5, 5.41) is 0.464. The molecule has 1 aromatic carbocycles. The Bertz CT molecular complexity index is 607. The molecule has 0 radical (unpaired) electrons. The fraction of sp³-hybridized carbons (Fsp3) is 0.308. The molecule has 0 aliphatic rings. The monoisotopic (exact) mass is 294 g/mol. The van der Waals surface area contributed by atoms with E-state index in [0.717, 1.165) is 12.0 Å². The largest absolute Gasteiger partial charge is 0.463 e. The number of nitrogen functional groups attached to an aromatic ring is 1. The molecule has 0 aliphatic carbocycles. The van der Waals surface area contributed by atoms with Crippen molar-refractivity contribution in [3.05, 3.63) is 28.8 Å². The number of benzene rings is 1. The maximum absolute atomic E-state index is 6.05. The van der Waals surface area contributed by atoms with E-state index in [0.29, 0.717) is 17.4 Å². The molecule has 0 bridgehead atoms. The van der Waals surface area contributed by atoms with Crippen LogP contribution in [0.2, 0.25) is 5.02 Å². The van der Waals surface area contributed by atoms with E-state index < -0.39 is 0 Å². The Morgan fingerprint density at radius 2 is 1.95 bits per heavy atom. The molecule has 0 saturated carbocycles. The first kappa shape index (κ1) is 14.3. The van der Waals surface area contributed by atoms with E-state index >= 15 is 0 Å². The summed E-state index contributed by atoms with van der Waals surface area (Å²) >= 11 is 6.05. The van der Waals surface area contributed by atoms with Crippen LogP contribution in [0, 0.1) is 6.92 Å². The molecule has 20 heavy (non-hydrogen) atoms. The maximum atomic E-state index is 6.05. The Morgan fingerprint density at radius 3 is 2.70 bits per heavy atom. The first-order valence-corrected chi connectivity index (χ1v) is 6.54. The summed E-state index contributed by atoms with van der Waals surface area (Å²) in [4.78, 5) is 11.8. The van der Waals surface area contributed by atoms with Crippen molar-refractivity contribution in [2.75, 3.05) is 12.3 Å². The van der Waals surface area contributed by atoms with Crippen LogP contribution in [0.4, 0.5) is 5.95 Å². The maximum Gasteiger partial charge on any atom is 0.330 e. The molecule has 0 amide bonds. The average Bonchev–Trinajstić information content (AvgIpc) is 2.40. The number of hydrogen-bond acceptors (Lipinski definition) is 6. The molecule has 2 aromatic rings. The molecule has 106 valence electrons. The van der Waals surface area contributed by atoms with Crippen LogP contribution >= 0.6 is 11.6 Å². The minimum Gasteiger partial charge on any atom is -0.463 e. The van der Waals surface area contributed by atoms with Gasteiger partial charge >= 0.3 is 12.0 Å². The standard InChI is InChI=1S/C13H15ClN4O2/c1-3-6-19-12-16-11(15)17-13(18-12)20-10-7-8(2)4-5-9(10)14/h4-5,7H,3,6H2,1-2H3,(H2,15,16,17,18). The number of aromatic nitrogens is 3. The molecule has 2 rings (SSSR count). The lowest BCUT2D eigenvalue weighted by molar-refractivity contribution is 0.285. The number of anilines is 1. The molecule has 0 fully saturated rings. The fourth-order valence-corrected chi connectivity index (χ4v) is 1.60. The van der Waals surface area contributed by atoms with Crippen molar-refractivity contribution in [3.8, 4) is 17.8 Å². The highest BCUT2D eigenvalue weighted by Gasteiger charge is 2.10. The van der Waals surface area contributed by atoms with Gasteiger partial charge in [-0.1, -0.05) is 24.6 Å². The zero-order valence-electron chi connectivity index (χ0n) is 11.3. The van der Waals surface area contributed by atoms with Crippen molar-refractivity contribution in [2.24, 2.45) is 0 Å². The highest BCUT2D eigenvalue weighted by Crippen LogP contribution is 2.29. The van der Waals surface area contributed by atoms with Crippen LogP contribution in [-0.2, 0) is 0 Å². The van der Waals surface area contributed by atoms with Gasteiger partial charge in [0.15, 0.2) is 0 Å². The summed E-state index contributed by atoms with van der Waals surface area (Å²) in [6.45, 7) is 4.41. The number of nitrogens with zero attached hydrogens (tertiary/aromatic N) is 3. The summed E-state index contributed by atoms with van der Waals surface area (Å²) in [5.41, 5.74) is 6.61. The van der Waals surface area contributed by atoms with Crippen LogP contribution in [0.25, 0.3) is 0 Å². The fourth-order valence-electron chi connectivity index (χ4n) is 1.44. The Hall–Kier alpha value is -2.08. The molecule has 6 nitrogen and oxygen atoms in total. The van der Waals surface area contributed by atoms with Gasteiger partial charge in [-0.2, -0.15) is 9.97 Å². The minimum atomic E-state index is 0.0323. The molecule has 1 heterocycles. The highest BCUT2D eigenvalue weighted by molar-refractivity contribution is 6.32. The first-order valence-electron chi connectivity index (χ1n) is 6.17. The molecule has 0 atom stereocenters. The Kier molecular flexibility index (Phi) is 4.57. The number of ether oxygens (including phenoxy) is 2. The second-order valence-electron chi connectivity index (χ2n) is 4.14. The van der Waals surface area contributed by atoms with E-state index in [2.05, 4.69) is 15.0 Å². The van der Waals surface area contributed by atoms with Crippen LogP contribution in [-0.4, -0.2) is 21.6 Å². The third kappa shape index (κ3) is 3.71. The smallest absolute Gasteiger partial charge is 0.330 e. The third-order valence-electron chi connectivity index (χ3n) is 2.33. The zero-order chi connectivity index (χ0) is 14.5.